The van der Waals surface area contributed by atoms with Gasteiger partial charge in [-0.15, -0.1) is 0 Å². The first kappa shape index (κ1) is 55.6. The Labute approximate surface area is 418 Å². The van der Waals surface area contributed by atoms with Crippen LogP contribution in [0, 0.1) is 0 Å². The fourth-order valence-corrected chi connectivity index (χ4v) is 8.54. The lowest BCUT2D eigenvalue weighted by Crippen LogP contribution is -2.41. The lowest BCUT2D eigenvalue weighted by atomic mass is 9.89. The number of halogens is 6. The van der Waals surface area contributed by atoms with Crippen LogP contribution in [0.1, 0.15) is 97.9 Å². The SMILES string of the molecule is C.CC(C)(O)CCOc1cc(-c2cnn(C(C)(C)C(N)=O)c2)c2c(c1)[C@@](O)(C(F)(F)F)c1ccccc1-2.CC(C)(O)CCOc1cc(-c2cnn(C(C)(C)C(N)=O)c2)c2c(c1)[C@@](O)(C(F)(F)F)c1ccccc1-2. The molecule has 0 aliphatic heterocycles. The molecule has 0 saturated heterocycles. The Bertz CT molecular complexity index is 2850. The van der Waals surface area contributed by atoms with Gasteiger partial charge in [0.1, 0.15) is 22.6 Å². The summed E-state index contributed by atoms with van der Waals surface area (Å²) >= 11 is 0. The quantitative estimate of drug-likeness (QED) is 0.0569. The van der Waals surface area contributed by atoms with Crippen LogP contribution in [0.3, 0.4) is 0 Å². The second-order valence-electron chi connectivity index (χ2n) is 20.3. The number of nitrogens with zero attached hydrogens (tertiary/aromatic N) is 4. The van der Waals surface area contributed by atoms with Gasteiger partial charge >= 0.3 is 12.4 Å². The fraction of sp³-hybridized carbons (Fsp3) is 0.396. The monoisotopic (exact) mass is 1020 g/mol. The van der Waals surface area contributed by atoms with Crippen molar-refractivity contribution in [3.05, 3.63) is 120 Å². The van der Waals surface area contributed by atoms with E-state index in [0.717, 1.165) is 0 Å². The number of fused-ring (bicyclic) bond motifs is 6. The minimum atomic E-state index is -5.02. The number of ether oxygens (including phenoxy) is 2. The third kappa shape index (κ3) is 10.0. The summed E-state index contributed by atoms with van der Waals surface area (Å²) in [6.07, 6.45) is -3.68. The summed E-state index contributed by atoms with van der Waals surface area (Å²) < 4.78 is 101. The molecule has 73 heavy (non-hydrogen) atoms. The van der Waals surface area contributed by atoms with Gasteiger partial charge in [0.05, 0.1) is 36.8 Å². The van der Waals surface area contributed by atoms with Gasteiger partial charge in [-0.3, -0.25) is 19.0 Å². The van der Waals surface area contributed by atoms with Crippen LogP contribution in [-0.4, -0.2) is 88.6 Å². The molecule has 0 unspecified atom stereocenters. The van der Waals surface area contributed by atoms with E-state index in [1.54, 1.807) is 79.7 Å². The molecule has 2 heterocycles. The van der Waals surface area contributed by atoms with Crippen LogP contribution in [0.25, 0.3) is 44.5 Å². The smallest absolute Gasteiger partial charge is 0.425 e. The summed E-state index contributed by atoms with van der Waals surface area (Å²) in [7, 11) is 0. The van der Waals surface area contributed by atoms with E-state index in [9.17, 15) is 56.4 Å². The third-order valence-electron chi connectivity index (χ3n) is 13.1. The van der Waals surface area contributed by atoms with Crippen LogP contribution in [0.5, 0.6) is 11.5 Å². The molecule has 2 aliphatic rings. The maximum Gasteiger partial charge on any atom is 0.425 e. The molecular formula is C53H60F6N6O8. The first-order valence-electron chi connectivity index (χ1n) is 22.7. The summed E-state index contributed by atoms with van der Waals surface area (Å²) in [5, 5.41) is 50.8. The molecule has 2 aromatic heterocycles. The molecule has 2 atom stereocenters. The van der Waals surface area contributed by atoms with E-state index in [1.165, 1.54) is 82.7 Å². The summed E-state index contributed by atoms with van der Waals surface area (Å²) in [5.41, 5.74) is 1.08. The van der Waals surface area contributed by atoms with E-state index < -0.39 is 57.6 Å². The van der Waals surface area contributed by atoms with E-state index >= 15 is 0 Å². The number of aromatic nitrogens is 4. The summed E-state index contributed by atoms with van der Waals surface area (Å²) in [6.45, 7) is 12.7. The number of benzene rings is 4. The lowest BCUT2D eigenvalue weighted by Gasteiger charge is -2.29. The van der Waals surface area contributed by atoms with Crippen molar-refractivity contribution in [3.63, 3.8) is 0 Å². The number of primary amides is 2. The van der Waals surface area contributed by atoms with Crippen LogP contribution in [0.15, 0.2) is 97.6 Å². The molecule has 20 heteroatoms. The van der Waals surface area contributed by atoms with Gasteiger partial charge in [-0.1, -0.05) is 56.0 Å². The van der Waals surface area contributed by atoms with Gasteiger partial charge in [-0.05, 0) is 113 Å². The largest absolute Gasteiger partial charge is 0.493 e. The van der Waals surface area contributed by atoms with Gasteiger partial charge in [0, 0.05) is 58.6 Å². The van der Waals surface area contributed by atoms with E-state index in [4.69, 9.17) is 20.9 Å². The van der Waals surface area contributed by atoms with Gasteiger partial charge in [0.2, 0.25) is 23.0 Å². The van der Waals surface area contributed by atoms with Gasteiger partial charge in [0.25, 0.3) is 0 Å². The molecule has 2 amide bonds. The predicted octanol–water partition coefficient (Wildman–Crippen LogP) is 8.81. The average molecular weight is 1020 g/mol. The first-order valence-corrected chi connectivity index (χ1v) is 22.7. The molecule has 0 bridgehead atoms. The van der Waals surface area contributed by atoms with Crippen molar-refractivity contribution in [2.45, 2.75) is 121 Å². The Hall–Kier alpha value is -6.74. The third-order valence-corrected chi connectivity index (χ3v) is 13.1. The van der Waals surface area contributed by atoms with Crippen molar-refractivity contribution in [3.8, 4) is 56.0 Å². The molecule has 2 aliphatic carbocycles. The van der Waals surface area contributed by atoms with Gasteiger partial charge in [-0.25, -0.2) is 0 Å². The van der Waals surface area contributed by atoms with Crippen LogP contribution in [-0.2, 0) is 31.9 Å². The van der Waals surface area contributed by atoms with Crippen molar-refractivity contribution in [2.24, 2.45) is 11.5 Å². The number of rotatable bonds is 14. The lowest BCUT2D eigenvalue weighted by molar-refractivity contribution is -0.247. The van der Waals surface area contributed by atoms with Crippen molar-refractivity contribution in [2.75, 3.05) is 13.2 Å². The van der Waals surface area contributed by atoms with Crippen molar-refractivity contribution >= 4 is 11.8 Å². The van der Waals surface area contributed by atoms with Crippen LogP contribution in [0.2, 0.25) is 0 Å². The zero-order chi connectivity index (χ0) is 53.4. The number of nitrogens with two attached hydrogens (primary N) is 2. The molecule has 6 aromatic rings. The molecule has 392 valence electrons. The average Bonchev–Trinajstić information content (AvgIpc) is 4.07. The number of carbonyl (C=O) groups excluding carboxylic acids is 2. The number of amides is 2. The van der Waals surface area contributed by atoms with Crippen LogP contribution >= 0.6 is 0 Å². The minimum absolute atomic E-state index is 0. The second kappa shape index (κ2) is 18.9. The van der Waals surface area contributed by atoms with Crippen LogP contribution < -0.4 is 20.9 Å². The predicted molar refractivity (Wildman–Crippen MR) is 261 cm³/mol. The van der Waals surface area contributed by atoms with Crippen molar-refractivity contribution in [1.82, 2.24) is 19.6 Å². The highest BCUT2D eigenvalue weighted by Gasteiger charge is 2.62. The highest BCUT2D eigenvalue weighted by atomic mass is 19.4. The highest BCUT2D eigenvalue weighted by Crippen LogP contribution is 2.60. The fourth-order valence-electron chi connectivity index (χ4n) is 8.54. The minimum Gasteiger partial charge on any atom is -0.493 e. The number of alkyl halides is 6. The zero-order valence-electron chi connectivity index (χ0n) is 40.7. The Morgan fingerprint density at radius 2 is 0.890 bits per heavy atom. The molecule has 0 saturated carbocycles. The summed E-state index contributed by atoms with van der Waals surface area (Å²) in [5.74, 6) is -1.10. The Balaban J connectivity index is 0.000000235. The highest BCUT2D eigenvalue weighted by molar-refractivity contribution is 5.95. The molecule has 8 rings (SSSR count). The van der Waals surface area contributed by atoms with Gasteiger partial charge in [-0.2, -0.15) is 36.5 Å². The van der Waals surface area contributed by atoms with Gasteiger partial charge < -0.3 is 41.4 Å². The number of aliphatic hydroxyl groups is 4. The summed E-state index contributed by atoms with van der Waals surface area (Å²) in [6, 6.07) is 17.1. The van der Waals surface area contributed by atoms with E-state index in [0.29, 0.717) is 22.3 Å². The van der Waals surface area contributed by atoms with E-state index in [1.807, 2.05) is 0 Å². The molecule has 0 fully saturated rings. The first-order chi connectivity index (χ1) is 33.1. The molecule has 0 spiro atoms. The summed E-state index contributed by atoms with van der Waals surface area (Å²) in [4.78, 5) is 23.9. The van der Waals surface area contributed by atoms with E-state index in [-0.39, 0.29) is 89.5 Å². The van der Waals surface area contributed by atoms with Crippen molar-refractivity contribution in [1.29, 1.82) is 0 Å². The number of carbonyl (C=O) groups is 2. The molecule has 0 radical (unpaired) electrons. The van der Waals surface area contributed by atoms with Crippen molar-refractivity contribution < 1.29 is 65.8 Å². The molecular weight excluding hydrogens is 963 g/mol. The van der Waals surface area contributed by atoms with E-state index in [2.05, 4.69) is 10.2 Å². The Morgan fingerprint density at radius 3 is 1.19 bits per heavy atom. The Kier molecular flexibility index (Phi) is 14.4. The number of hydrogen-bond donors (Lipinski definition) is 6. The molecule has 8 N–H and O–H groups in total. The topological polar surface area (TPSA) is 221 Å². The molecule has 4 aromatic carbocycles. The Morgan fingerprint density at radius 1 is 0.562 bits per heavy atom. The zero-order valence-corrected chi connectivity index (χ0v) is 40.7. The molecule has 14 nitrogen and oxygen atoms in total. The normalized spacial score (nSPS) is 17.3. The van der Waals surface area contributed by atoms with Crippen LogP contribution in [0.4, 0.5) is 26.3 Å². The maximum absolute atomic E-state index is 14.4. The second-order valence-corrected chi connectivity index (χ2v) is 20.3. The standard InChI is InChI=1S/2C26H28F3N3O4.CH4/c2*1-23(2,34)9-10-36-16-11-18(15-13-31-32(14-15)24(3,4)22(30)33)21-17-7-5-6-8-19(17)25(35,20(21)12-16)26(27,28)29;/h2*5-8,11-14,34-35H,9-10H2,1-4H3,(H2,30,33);1H4/t2*25-;/m11./s1. The van der Waals surface area contributed by atoms with Gasteiger partial charge in [0.15, 0.2) is 0 Å². The number of hydrogen-bond acceptors (Lipinski definition) is 10. The maximum atomic E-state index is 14.4.